The Bertz CT molecular complexity index is 2250. The van der Waals surface area contributed by atoms with Gasteiger partial charge in [0.2, 0.25) is 0 Å². The third-order valence-corrected chi connectivity index (χ3v) is 13.3. The van der Waals surface area contributed by atoms with Crippen molar-refractivity contribution in [3.05, 3.63) is 35.7 Å². The number of nitrogens with two attached hydrogens (primary N) is 1. The quantitative estimate of drug-likeness (QED) is 0.0576. The van der Waals surface area contributed by atoms with Crippen molar-refractivity contribution in [3.8, 4) is 0 Å². The van der Waals surface area contributed by atoms with E-state index in [0.717, 1.165) is 34.4 Å². The van der Waals surface area contributed by atoms with Crippen molar-refractivity contribution in [3.63, 3.8) is 0 Å². The molecule has 12 atom stereocenters. The lowest BCUT2D eigenvalue weighted by Gasteiger charge is -2.21. The molecule has 6 heterocycles. The lowest BCUT2D eigenvalue weighted by molar-refractivity contribution is -0.0505. The molecule has 0 saturated carbocycles. The third kappa shape index (κ3) is 8.48. The van der Waals surface area contributed by atoms with Gasteiger partial charge in [-0.25, -0.2) is 43.2 Å². The fraction of sp³-hybridized carbons (Fsp3) is 0.500. The molecular formula is C20H27N9O20P4. The number of anilines is 1. The SMILES string of the molecule is Nc1ncnc2c1ncn2[C@H]1O[C@H](COP(=O)(O)OP(=O)(O)OP(=O)(O)OP(=O)(O)OC[C@H]2O[C@H](n3cnc4c(=O)[nH]cnc43)[C@H](O)[C@@H]2O)[C@@H](O)[C@H]1O. The summed E-state index contributed by atoms with van der Waals surface area (Å²) >= 11 is 0. The Morgan fingerprint density at radius 1 is 0.679 bits per heavy atom. The highest BCUT2D eigenvalue weighted by molar-refractivity contribution is 7.69. The molecule has 11 N–H and O–H groups in total. The van der Waals surface area contributed by atoms with Gasteiger partial charge in [-0.3, -0.25) is 23.0 Å². The number of aromatic nitrogens is 8. The number of H-pyrrole nitrogens is 1. The molecule has 0 radical (unpaired) electrons. The first-order chi connectivity index (χ1) is 24.7. The summed E-state index contributed by atoms with van der Waals surface area (Å²) < 4.78 is 83.2. The van der Waals surface area contributed by atoms with Crippen LogP contribution in [0.4, 0.5) is 5.82 Å². The van der Waals surface area contributed by atoms with Gasteiger partial charge < -0.3 is 60.2 Å². The lowest BCUT2D eigenvalue weighted by atomic mass is 10.1. The summed E-state index contributed by atoms with van der Waals surface area (Å²) in [7, 11) is -24.0. The van der Waals surface area contributed by atoms with Crippen molar-refractivity contribution in [2.24, 2.45) is 0 Å². The van der Waals surface area contributed by atoms with Gasteiger partial charge in [0.25, 0.3) is 5.56 Å². The van der Waals surface area contributed by atoms with Crippen LogP contribution in [-0.4, -0.2) is 129 Å². The molecule has 2 aliphatic heterocycles. The Kier molecular flexibility index (Phi) is 10.9. The highest BCUT2D eigenvalue weighted by atomic mass is 31.3. The van der Waals surface area contributed by atoms with E-state index in [9.17, 15) is 63.1 Å². The average molecular weight is 837 g/mol. The van der Waals surface area contributed by atoms with E-state index in [1.54, 1.807) is 0 Å². The Labute approximate surface area is 291 Å². The van der Waals surface area contributed by atoms with E-state index in [0.29, 0.717) is 0 Å². The number of aromatic amines is 1. The number of nitrogens with one attached hydrogen (secondary N) is 1. The first kappa shape index (κ1) is 39.7. The number of imidazole rings is 2. The molecule has 292 valence electrons. The molecule has 0 bridgehead atoms. The van der Waals surface area contributed by atoms with Crippen LogP contribution in [0.1, 0.15) is 12.5 Å². The molecule has 0 spiro atoms. The molecule has 33 heteroatoms. The maximum Gasteiger partial charge on any atom is 0.490 e. The van der Waals surface area contributed by atoms with E-state index in [1.807, 2.05) is 0 Å². The molecule has 2 saturated heterocycles. The fourth-order valence-corrected chi connectivity index (χ4v) is 10.1. The normalized spacial score (nSPS) is 30.9. The number of rotatable bonds is 14. The first-order valence-electron chi connectivity index (χ1n) is 14.3. The summed E-state index contributed by atoms with van der Waals surface area (Å²) in [5.74, 6) is -0.0179. The second kappa shape index (κ2) is 14.6. The van der Waals surface area contributed by atoms with Crippen molar-refractivity contribution in [2.75, 3.05) is 18.9 Å². The minimum Gasteiger partial charge on any atom is -0.387 e. The van der Waals surface area contributed by atoms with Crippen LogP contribution in [0.5, 0.6) is 0 Å². The molecule has 0 aromatic carbocycles. The summed E-state index contributed by atoms with van der Waals surface area (Å²) in [5, 5.41) is 41.7. The Hall–Kier alpha value is -2.98. The molecule has 29 nitrogen and oxygen atoms in total. The number of hydrogen-bond acceptors (Lipinski definition) is 22. The van der Waals surface area contributed by atoms with Gasteiger partial charge in [0.15, 0.2) is 35.1 Å². The highest BCUT2D eigenvalue weighted by Crippen LogP contribution is 2.71. The van der Waals surface area contributed by atoms with Crippen molar-refractivity contribution < 1.29 is 89.7 Å². The Balaban J connectivity index is 1.01. The van der Waals surface area contributed by atoms with E-state index in [1.165, 1.54) is 0 Å². The predicted molar refractivity (Wildman–Crippen MR) is 164 cm³/mol. The standard InChI is InChI=1S/C20H27N9O20P4/c21-15-9-16(23-3-22-15)28(5-26-9)19-13(32)11(30)7(45-19)1-43-50(35,36)47-52(39,40)49-53(41,42)48-51(37,38)44-2-8-12(31)14(33)20(46-8)29-6-27-10-17(29)24-4-25-18(10)34/h3-8,11-14,19-20,30-33H,1-2H2,(H,35,36)(H,37,38)(H,39,40)(H,41,42)(H2,21,22,23)(H,24,25,34)/t7-,8-,11-,12-,13-,14-,19+,20+/m1/s1. The maximum absolute atomic E-state index is 12.4. The predicted octanol–water partition coefficient (Wildman–Crippen LogP) is -2.74. The molecule has 4 aromatic heterocycles. The number of ether oxygens (including phenoxy) is 2. The van der Waals surface area contributed by atoms with E-state index >= 15 is 0 Å². The Morgan fingerprint density at radius 3 is 1.64 bits per heavy atom. The van der Waals surface area contributed by atoms with Gasteiger partial charge in [-0.1, -0.05) is 0 Å². The largest absolute Gasteiger partial charge is 0.490 e. The minimum atomic E-state index is -6.21. The third-order valence-electron chi connectivity index (χ3n) is 7.40. The van der Waals surface area contributed by atoms with Gasteiger partial charge in [0.1, 0.15) is 48.5 Å². The number of fused-ring (bicyclic) bond motifs is 2. The number of aliphatic hydroxyl groups is 4. The van der Waals surface area contributed by atoms with Gasteiger partial charge in [-0.05, 0) is 0 Å². The minimum absolute atomic E-state index is 0.0179. The number of phosphoric acid groups is 4. The van der Waals surface area contributed by atoms with Gasteiger partial charge in [0.05, 0.1) is 32.2 Å². The van der Waals surface area contributed by atoms with Gasteiger partial charge in [-0.2, -0.15) is 12.9 Å². The molecule has 4 aromatic rings. The van der Waals surface area contributed by atoms with E-state index < -0.39 is 99.1 Å². The van der Waals surface area contributed by atoms with Crippen molar-refractivity contribution >= 4 is 59.4 Å². The molecule has 0 aliphatic carbocycles. The van der Waals surface area contributed by atoms with E-state index in [4.69, 9.17) is 15.2 Å². The van der Waals surface area contributed by atoms with Crippen LogP contribution in [-0.2, 0) is 49.7 Å². The maximum atomic E-state index is 12.4. The number of hydrogen-bond donors (Lipinski definition) is 10. The summed E-state index contributed by atoms with van der Waals surface area (Å²) in [6.45, 7) is -2.25. The van der Waals surface area contributed by atoms with Crippen molar-refractivity contribution in [1.29, 1.82) is 0 Å². The molecule has 2 fully saturated rings. The summed E-state index contributed by atoms with van der Waals surface area (Å²) in [6.07, 6.45) is -8.97. The van der Waals surface area contributed by atoms with E-state index in [2.05, 4.69) is 51.9 Å². The van der Waals surface area contributed by atoms with Crippen LogP contribution in [0.25, 0.3) is 22.3 Å². The molecule has 53 heavy (non-hydrogen) atoms. The Morgan fingerprint density at radius 2 is 1.13 bits per heavy atom. The van der Waals surface area contributed by atoms with Crippen LogP contribution in [0.3, 0.4) is 0 Å². The number of nitrogens with zero attached hydrogens (tertiary/aromatic N) is 7. The number of aliphatic hydroxyl groups excluding tert-OH is 4. The monoisotopic (exact) mass is 837 g/mol. The van der Waals surface area contributed by atoms with Crippen LogP contribution in [0, 0.1) is 0 Å². The second-order valence-corrected chi connectivity index (χ2v) is 17.2. The van der Waals surface area contributed by atoms with Gasteiger partial charge in [0, 0.05) is 0 Å². The van der Waals surface area contributed by atoms with E-state index in [-0.39, 0.29) is 28.1 Å². The molecule has 6 rings (SSSR count). The van der Waals surface area contributed by atoms with Crippen LogP contribution < -0.4 is 11.3 Å². The topological polar surface area (TPSA) is 428 Å². The molecular weight excluding hydrogens is 810 g/mol. The average Bonchev–Trinajstić information content (AvgIpc) is 3.80. The highest BCUT2D eigenvalue weighted by Gasteiger charge is 2.50. The zero-order valence-electron chi connectivity index (χ0n) is 25.8. The van der Waals surface area contributed by atoms with Crippen LogP contribution in [0.15, 0.2) is 30.1 Å². The fourth-order valence-electron chi connectivity index (χ4n) is 5.10. The summed E-state index contributed by atoms with van der Waals surface area (Å²) in [4.78, 5) is 73.2. The summed E-state index contributed by atoms with van der Waals surface area (Å²) in [6, 6.07) is 0. The number of phosphoric ester groups is 2. The molecule has 2 aliphatic rings. The summed E-state index contributed by atoms with van der Waals surface area (Å²) in [5.41, 5.74) is 5.04. The lowest BCUT2D eigenvalue weighted by Crippen LogP contribution is -2.33. The zero-order valence-corrected chi connectivity index (χ0v) is 29.4. The van der Waals surface area contributed by atoms with Crippen LogP contribution >= 0.6 is 31.3 Å². The van der Waals surface area contributed by atoms with Crippen molar-refractivity contribution in [1.82, 2.24) is 39.0 Å². The second-order valence-electron chi connectivity index (χ2n) is 10.9. The molecule has 4 unspecified atom stereocenters. The van der Waals surface area contributed by atoms with Gasteiger partial charge >= 0.3 is 31.3 Å². The smallest absolute Gasteiger partial charge is 0.387 e. The molecule has 0 amide bonds. The number of nitrogen functional groups attached to an aromatic ring is 1. The van der Waals surface area contributed by atoms with Crippen LogP contribution in [0.2, 0.25) is 0 Å². The zero-order chi connectivity index (χ0) is 38.7. The van der Waals surface area contributed by atoms with Crippen molar-refractivity contribution in [2.45, 2.75) is 49.1 Å². The van der Waals surface area contributed by atoms with Gasteiger partial charge in [-0.15, -0.1) is 0 Å². The first-order valence-corrected chi connectivity index (χ1v) is 20.3.